The van der Waals surface area contributed by atoms with Gasteiger partial charge in [-0.3, -0.25) is 4.79 Å². The van der Waals surface area contributed by atoms with Gasteiger partial charge in [-0.25, -0.2) is 4.79 Å². The van der Waals surface area contributed by atoms with E-state index in [9.17, 15) is 9.59 Å². The van der Waals surface area contributed by atoms with Crippen molar-refractivity contribution in [1.82, 2.24) is 10.2 Å². The number of carbonyl (C=O) groups excluding carboxylic acids is 1. The van der Waals surface area contributed by atoms with Crippen molar-refractivity contribution < 1.29 is 24.2 Å². The van der Waals surface area contributed by atoms with Gasteiger partial charge in [-0.15, -0.1) is 11.3 Å². The molecule has 3 rings (SSSR count). The van der Waals surface area contributed by atoms with Crippen molar-refractivity contribution in [3.63, 3.8) is 0 Å². The lowest BCUT2D eigenvalue weighted by Crippen LogP contribution is -2.46. The van der Waals surface area contributed by atoms with E-state index in [1.165, 1.54) is 0 Å². The van der Waals surface area contributed by atoms with Gasteiger partial charge in [0.25, 0.3) is 0 Å². The lowest BCUT2D eigenvalue weighted by Gasteiger charge is -2.37. The first kappa shape index (κ1) is 19.0. The van der Waals surface area contributed by atoms with Crippen LogP contribution in [0.5, 0.6) is 11.5 Å². The predicted octanol–water partition coefficient (Wildman–Crippen LogP) is 2.90. The summed E-state index contributed by atoms with van der Waals surface area (Å²) >= 11 is 1.58. The lowest BCUT2D eigenvalue weighted by atomic mass is 9.91. The Morgan fingerprint density at radius 2 is 2.04 bits per heavy atom. The minimum atomic E-state index is -0.939. The molecule has 0 fully saturated rings. The number of fused-ring (bicyclic) bond motifs is 1. The summed E-state index contributed by atoms with van der Waals surface area (Å²) in [4.78, 5) is 26.2. The third kappa shape index (κ3) is 4.00. The summed E-state index contributed by atoms with van der Waals surface area (Å²) in [6.45, 7) is 0.630. The van der Waals surface area contributed by atoms with E-state index in [2.05, 4.69) is 5.32 Å². The minimum absolute atomic E-state index is 0.0978. The molecule has 0 aliphatic carbocycles. The number of ether oxygens (including phenoxy) is 2. The number of nitrogens with zero attached hydrogens (tertiary/aromatic N) is 1. The molecule has 7 nitrogen and oxygen atoms in total. The zero-order valence-corrected chi connectivity index (χ0v) is 16.0. The van der Waals surface area contributed by atoms with Gasteiger partial charge in [0.1, 0.15) is 0 Å². The molecule has 1 aromatic carbocycles. The number of nitrogens with one attached hydrogen (secondary N) is 1. The molecule has 0 spiro atoms. The number of methoxy groups -OCH3 is 2. The van der Waals surface area contributed by atoms with Gasteiger partial charge in [0.05, 0.1) is 26.7 Å². The van der Waals surface area contributed by atoms with E-state index in [0.29, 0.717) is 24.5 Å². The number of urea groups is 1. The number of benzene rings is 1. The molecule has 1 aliphatic heterocycles. The molecule has 1 aromatic heterocycles. The van der Waals surface area contributed by atoms with Crippen LogP contribution in [0.25, 0.3) is 0 Å². The van der Waals surface area contributed by atoms with Crippen LogP contribution in [0.3, 0.4) is 0 Å². The molecule has 0 saturated carbocycles. The van der Waals surface area contributed by atoms with E-state index in [-0.39, 0.29) is 25.0 Å². The van der Waals surface area contributed by atoms with Crippen molar-refractivity contribution in [3.05, 3.63) is 45.6 Å². The number of thiophene rings is 1. The maximum Gasteiger partial charge on any atom is 0.318 e. The van der Waals surface area contributed by atoms with E-state index >= 15 is 0 Å². The Morgan fingerprint density at radius 1 is 1.30 bits per heavy atom. The van der Waals surface area contributed by atoms with Crippen molar-refractivity contribution in [2.45, 2.75) is 18.9 Å². The first-order chi connectivity index (χ1) is 13.0. The number of hydrogen-bond donors (Lipinski definition) is 2. The molecule has 1 aliphatic rings. The third-order valence-corrected chi connectivity index (χ3v) is 5.49. The van der Waals surface area contributed by atoms with E-state index in [4.69, 9.17) is 14.6 Å². The molecule has 1 atom stereocenters. The van der Waals surface area contributed by atoms with Crippen LogP contribution in [0, 0.1) is 0 Å². The van der Waals surface area contributed by atoms with Crippen LogP contribution in [0.15, 0.2) is 29.6 Å². The van der Waals surface area contributed by atoms with Gasteiger partial charge in [0, 0.05) is 18.0 Å². The van der Waals surface area contributed by atoms with Gasteiger partial charge in [0.2, 0.25) is 0 Å². The third-order valence-electron chi connectivity index (χ3n) is 4.56. The second kappa shape index (κ2) is 8.30. The van der Waals surface area contributed by atoms with Crippen molar-refractivity contribution in [2.75, 3.05) is 27.3 Å². The van der Waals surface area contributed by atoms with Gasteiger partial charge < -0.3 is 24.8 Å². The van der Waals surface area contributed by atoms with Crippen LogP contribution < -0.4 is 14.8 Å². The molecule has 8 heteroatoms. The maximum atomic E-state index is 12.7. The van der Waals surface area contributed by atoms with Crippen molar-refractivity contribution in [3.8, 4) is 11.5 Å². The average Bonchev–Trinajstić information content (AvgIpc) is 3.19. The average molecular weight is 390 g/mol. The molecular formula is C19H22N2O5S. The summed E-state index contributed by atoms with van der Waals surface area (Å²) in [5, 5.41) is 13.5. The van der Waals surface area contributed by atoms with Crippen molar-refractivity contribution in [1.29, 1.82) is 0 Å². The summed E-state index contributed by atoms with van der Waals surface area (Å²) in [5.41, 5.74) is 2.11. The lowest BCUT2D eigenvalue weighted by molar-refractivity contribution is -0.136. The van der Waals surface area contributed by atoms with Crippen LogP contribution in [0.2, 0.25) is 0 Å². The quantitative estimate of drug-likeness (QED) is 0.792. The topological polar surface area (TPSA) is 88.1 Å². The monoisotopic (exact) mass is 390 g/mol. The maximum absolute atomic E-state index is 12.7. The Kier molecular flexibility index (Phi) is 5.85. The first-order valence-corrected chi connectivity index (χ1v) is 9.47. The fraction of sp³-hybridized carbons (Fsp3) is 0.368. The van der Waals surface area contributed by atoms with Crippen LogP contribution >= 0.6 is 11.3 Å². The summed E-state index contributed by atoms with van der Waals surface area (Å²) < 4.78 is 10.9. The van der Waals surface area contributed by atoms with E-state index in [1.54, 1.807) is 30.5 Å². The summed E-state index contributed by atoms with van der Waals surface area (Å²) in [6, 6.07) is 7.33. The van der Waals surface area contributed by atoms with Crippen molar-refractivity contribution >= 4 is 23.3 Å². The number of hydrogen-bond acceptors (Lipinski definition) is 5. The molecule has 1 unspecified atom stereocenters. The highest BCUT2D eigenvalue weighted by Gasteiger charge is 2.33. The Labute approximate surface area is 161 Å². The van der Waals surface area contributed by atoms with Crippen LogP contribution in [-0.4, -0.2) is 49.3 Å². The molecule has 0 radical (unpaired) electrons. The largest absolute Gasteiger partial charge is 0.493 e. The highest BCUT2D eigenvalue weighted by Crippen LogP contribution is 2.42. The van der Waals surface area contributed by atoms with Gasteiger partial charge in [-0.05, 0) is 41.1 Å². The molecule has 27 heavy (non-hydrogen) atoms. The highest BCUT2D eigenvalue weighted by molar-refractivity contribution is 7.10. The summed E-state index contributed by atoms with van der Waals surface area (Å²) in [5.74, 6) is 0.345. The molecule has 2 amide bonds. The Hall–Kier alpha value is -2.74. The minimum Gasteiger partial charge on any atom is -0.493 e. The summed E-state index contributed by atoms with van der Waals surface area (Å²) in [7, 11) is 3.19. The molecule has 0 saturated heterocycles. The Morgan fingerprint density at radius 3 is 2.67 bits per heavy atom. The number of carboxylic acids is 1. The zero-order chi connectivity index (χ0) is 19.4. The van der Waals surface area contributed by atoms with E-state index in [0.717, 1.165) is 16.0 Å². The number of rotatable bonds is 6. The molecule has 0 bridgehead atoms. The smallest absolute Gasteiger partial charge is 0.318 e. The zero-order valence-electron chi connectivity index (χ0n) is 15.2. The fourth-order valence-electron chi connectivity index (χ4n) is 3.30. The van der Waals surface area contributed by atoms with E-state index in [1.807, 2.05) is 29.6 Å². The highest BCUT2D eigenvalue weighted by atomic mass is 32.1. The fourth-order valence-corrected chi connectivity index (χ4v) is 4.15. The predicted molar refractivity (Wildman–Crippen MR) is 102 cm³/mol. The van der Waals surface area contributed by atoms with Crippen LogP contribution in [0.1, 0.15) is 28.5 Å². The standard InChI is InChI=1S/C19H22N2O5S/c1-25-14-10-12-6-8-21(19(24)20-7-5-17(22)23)18(16-4-3-9-27-16)13(12)11-15(14)26-2/h3-4,9-11,18H,5-8H2,1-2H3,(H,20,24)(H,22,23). The normalized spacial score (nSPS) is 15.8. The van der Waals surface area contributed by atoms with Gasteiger partial charge in [-0.1, -0.05) is 6.07 Å². The number of carboxylic acid groups (broad SMARTS) is 1. The van der Waals surface area contributed by atoms with Crippen LogP contribution in [0.4, 0.5) is 4.79 Å². The molecule has 2 aromatic rings. The first-order valence-electron chi connectivity index (χ1n) is 8.59. The van der Waals surface area contributed by atoms with Gasteiger partial charge in [0.15, 0.2) is 11.5 Å². The van der Waals surface area contributed by atoms with Gasteiger partial charge >= 0.3 is 12.0 Å². The summed E-state index contributed by atoms with van der Waals surface area (Å²) in [6.07, 6.45) is 0.578. The number of carbonyl (C=O) groups is 2. The van der Waals surface area contributed by atoms with Gasteiger partial charge in [-0.2, -0.15) is 0 Å². The SMILES string of the molecule is COc1cc2c(cc1OC)C(c1cccs1)N(C(=O)NCCC(=O)O)CC2. The molecule has 2 N–H and O–H groups in total. The van der Waals surface area contributed by atoms with Crippen LogP contribution in [-0.2, 0) is 11.2 Å². The molecular weight excluding hydrogens is 368 g/mol. The second-order valence-electron chi connectivity index (χ2n) is 6.14. The van der Waals surface area contributed by atoms with Crippen molar-refractivity contribution in [2.24, 2.45) is 0 Å². The second-order valence-corrected chi connectivity index (χ2v) is 7.12. The Balaban J connectivity index is 1.95. The number of aliphatic carboxylic acids is 1. The van der Waals surface area contributed by atoms with E-state index < -0.39 is 5.97 Å². The number of amides is 2. The molecule has 144 valence electrons. The Bertz CT molecular complexity index is 822. The molecule has 2 heterocycles.